The summed E-state index contributed by atoms with van der Waals surface area (Å²) in [6.45, 7) is 3.61. The lowest BCUT2D eigenvalue weighted by Crippen LogP contribution is -2.32. The SMILES string of the molecule is CCCC#CC(CC[C@@H]1[C@@H](CC=CCCCC(=O)O)[C@@H](O)C[C@H]1OC1CCCCO1)OC1CCCCO1. The molecule has 0 bridgehead atoms. The number of carbonyl (C=O) groups is 1. The zero-order valence-corrected chi connectivity index (χ0v) is 22.7. The van der Waals surface area contributed by atoms with Gasteiger partial charge in [0.05, 0.1) is 12.2 Å². The number of hydrogen-bond acceptors (Lipinski definition) is 6. The van der Waals surface area contributed by atoms with Crippen LogP contribution in [0.3, 0.4) is 0 Å². The molecule has 2 saturated heterocycles. The zero-order chi connectivity index (χ0) is 26.3. The van der Waals surface area contributed by atoms with Crippen LogP contribution in [-0.4, -0.2) is 60.3 Å². The lowest BCUT2D eigenvalue weighted by Gasteiger charge is -2.31. The molecule has 3 aliphatic rings. The third-order valence-corrected chi connectivity index (χ3v) is 7.65. The smallest absolute Gasteiger partial charge is 0.303 e. The summed E-state index contributed by atoms with van der Waals surface area (Å²) in [5.74, 6) is 6.12. The number of hydrogen-bond donors (Lipinski definition) is 2. The second-order valence-electron chi connectivity index (χ2n) is 10.7. The van der Waals surface area contributed by atoms with Gasteiger partial charge >= 0.3 is 5.97 Å². The average molecular weight is 521 g/mol. The summed E-state index contributed by atoms with van der Waals surface area (Å²) in [5, 5.41) is 19.9. The molecule has 3 unspecified atom stereocenters. The van der Waals surface area contributed by atoms with Gasteiger partial charge in [-0.1, -0.05) is 25.0 Å². The fourth-order valence-electron chi connectivity index (χ4n) is 5.62. The van der Waals surface area contributed by atoms with E-state index < -0.39 is 12.1 Å². The molecular weight excluding hydrogens is 472 g/mol. The van der Waals surface area contributed by atoms with Gasteiger partial charge < -0.3 is 29.2 Å². The summed E-state index contributed by atoms with van der Waals surface area (Å²) in [6.07, 6.45) is 15.7. The maximum Gasteiger partial charge on any atom is 0.303 e. The molecule has 0 radical (unpaired) electrons. The van der Waals surface area contributed by atoms with Crippen molar-refractivity contribution in [2.45, 2.75) is 134 Å². The maximum absolute atomic E-state index is 11.0. The molecule has 0 amide bonds. The minimum absolute atomic E-state index is 0.0568. The van der Waals surface area contributed by atoms with Crippen molar-refractivity contribution >= 4 is 5.97 Å². The van der Waals surface area contributed by atoms with Crippen LogP contribution in [0.15, 0.2) is 12.2 Å². The molecule has 2 aliphatic heterocycles. The number of aliphatic hydroxyl groups is 1. The second-order valence-corrected chi connectivity index (χ2v) is 10.7. The van der Waals surface area contributed by atoms with Crippen LogP contribution in [0.25, 0.3) is 0 Å². The minimum atomic E-state index is -0.762. The molecule has 7 atom stereocenters. The molecule has 0 aromatic rings. The summed E-state index contributed by atoms with van der Waals surface area (Å²) >= 11 is 0. The first-order chi connectivity index (χ1) is 18.1. The Morgan fingerprint density at radius 1 is 1.08 bits per heavy atom. The lowest BCUT2D eigenvalue weighted by atomic mass is 9.86. The number of aliphatic hydroxyl groups excluding tert-OH is 1. The van der Waals surface area contributed by atoms with E-state index >= 15 is 0 Å². The summed E-state index contributed by atoms with van der Waals surface area (Å²) in [6, 6.07) is 0. The van der Waals surface area contributed by atoms with E-state index in [1.165, 1.54) is 0 Å². The summed E-state index contributed by atoms with van der Waals surface area (Å²) in [7, 11) is 0. The first-order valence-electron chi connectivity index (χ1n) is 14.6. The topological polar surface area (TPSA) is 94.5 Å². The van der Waals surface area contributed by atoms with Crippen LogP contribution in [0, 0.1) is 23.7 Å². The molecular formula is C30H48O7. The molecule has 2 heterocycles. The van der Waals surface area contributed by atoms with Gasteiger partial charge in [-0.05, 0) is 88.9 Å². The zero-order valence-electron chi connectivity index (χ0n) is 22.7. The Hall–Kier alpha value is -1.43. The maximum atomic E-state index is 11.0. The molecule has 37 heavy (non-hydrogen) atoms. The highest BCUT2D eigenvalue weighted by Gasteiger charge is 2.43. The Morgan fingerprint density at radius 2 is 1.84 bits per heavy atom. The number of unbranched alkanes of at least 4 members (excludes halogenated alkanes) is 2. The molecule has 3 rings (SSSR count). The van der Waals surface area contributed by atoms with E-state index in [1.54, 1.807) is 0 Å². The van der Waals surface area contributed by atoms with Gasteiger partial charge in [0.1, 0.15) is 6.10 Å². The van der Waals surface area contributed by atoms with Crippen molar-refractivity contribution in [1.82, 2.24) is 0 Å². The number of ether oxygens (including phenoxy) is 4. The fourth-order valence-corrected chi connectivity index (χ4v) is 5.62. The number of allylic oxidation sites excluding steroid dienone is 2. The summed E-state index contributed by atoms with van der Waals surface area (Å²) < 4.78 is 24.4. The van der Waals surface area contributed by atoms with Crippen LogP contribution >= 0.6 is 0 Å². The van der Waals surface area contributed by atoms with Gasteiger partial charge in [0, 0.05) is 32.5 Å². The van der Waals surface area contributed by atoms with Gasteiger partial charge in [-0.3, -0.25) is 4.79 Å². The number of carboxylic acid groups (broad SMARTS) is 1. The summed E-state index contributed by atoms with van der Waals surface area (Å²) in [4.78, 5) is 10.8. The van der Waals surface area contributed by atoms with Crippen molar-refractivity contribution in [1.29, 1.82) is 0 Å². The molecule has 210 valence electrons. The number of carboxylic acids is 1. The van der Waals surface area contributed by atoms with Crippen molar-refractivity contribution < 1.29 is 34.0 Å². The van der Waals surface area contributed by atoms with Crippen LogP contribution in [0.2, 0.25) is 0 Å². The van der Waals surface area contributed by atoms with E-state index in [-0.39, 0.29) is 43.0 Å². The third kappa shape index (κ3) is 11.1. The monoisotopic (exact) mass is 520 g/mol. The summed E-state index contributed by atoms with van der Waals surface area (Å²) in [5.41, 5.74) is 0. The standard InChI is InChI=1S/C30H48O7/c1-2-3-6-13-23(36-29-16-9-11-20-34-29)18-19-25-24(14-7-4-5-8-15-28(32)33)26(31)22-27(25)37-30-17-10-12-21-35-30/h4,7,23-27,29-31H,2-3,5,8-12,14-22H2,1H3,(H,32,33)/t23?,24-,25-,26+,27-,29?,30?/m1/s1. The molecule has 7 heteroatoms. The van der Waals surface area contributed by atoms with Gasteiger partial charge in [0.2, 0.25) is 0 Å². The van der Waals surface area contributed by atoms with E-state index in [2.05, 4.69) is 24.8 Å². The Bertz CT molecular complexity index is 730. The second kappa shape index (κ2) is 17.2. The van der Waals surface area contributed by atoms with Crippen molar-refractivity contribution in [2.75, 3.05) is 13.2 Å². The van der Waals surface area contributed by atoms with Crippen LogP contribution < -0.4 is 0 Å². The largest absolute Gasteiger partial charge is 0.481 e. The quantitative estimate of drug-likeness (QED) is 0.175. The molecule has 1 aliphatic carbocycles. The van der Waals surface area contributed by atoms with Crippen molar-refractivity contribution in [2.24, 2.45) is 11.8 Å². The fraction of sp³-hybridized carbons (Fsp3) is 0.833. The van der Waals surface area contributed by atoms with E-state index in [0.717, 1.165) is 90.3 Å². The van der Waals surface area contributed by atoms with Crippen LogP contribution in [0.5, 0.6) is 0 Å². The highest BCUT2D eigenvalue weighted by molar-refractivity contribution is 5.66. The van der Waals surface area contributed by atoms with Crippen LogP contribution in [0.1, 0.15) is 103 Å². The number of rotatable bonds is 14. The van der Waals surface area contributed by atoms with Crippen molar-refractivity contribution in [3.8, 4) is 11.8 Å². The predicted molar refractivity (Wildman–Crippen MR) is 142 cm³/mol. The molecule has 2 N–H and O–H groups in total. The molecule has 7 nitrogen and oxygen atoms in total. The lowest BCUT2D eigenvalue weighted by molar-refractivity contribution is -0.198. The average Bonchev–Trinajstić information content (AvgIpc) is 3.19. The van der Waals surface area contributed by atoms with E-state index in [1.807, 2.05) is 6.08 Å². The van der Waals surface area contributed by atoms with Gasteiger partial charge in [-0.2, -0.15) is 0 Å². The van der Waals surface area contributed by atoms with E-state index in [9.17, 15) is 9.90 Å². The minimum Gasteiger partial charge on any atom is -0.481 e. The van der Waals surface area contributed by atoms with Gasteiger partial charge in [-0.15, -0.1) is 5.92 Å². The van der Waals surface area contributed by atoms with Crippen molar-refractivity contribution in [3.05, 3.63) is 12.2 Å². The van der Waals surface area contributed by atoms with Gasteiger partial charge in [-0.25, -0.2) is 0 Å². The normalized spacial score (nSPS) is 31.2. The molecule has 0 aromatic carbocycles. The highest BCUT2D eigenvalue weighted by Crippen LogP contribution is 2.41. The van der Waals surface area contributed by atoms with E-state index in [0.29, 0.717) is 12.8 Å². The first kappa shape index (κ1) is 30.1. The number of aliphatic carboxylic acids is 1. The van der Waals surface area contributed by atoms with Gasteiger partial charge in [0.25, 0.3) is 0 Å². The van der Waals surface area contributed by atoms with Gasteiger partial charge in [0.15, 0.2) is 12.6 Å². The third-order valence-electron chi connectivity index (χ3n) is 7.65. The van der Waals surface area contributed by atoms with Crippen LogP contribution in [-0.2, 0) is 23.7 Å². The molecule has 1 saturated carbocycles. The molecule has 0 spiro atoms. The highest BCUT2D eigenvalue weighted by atomic mass is 16.7. The van der Waals surface area contributed by atoms with Crippen molar-refractivity contribution in [3.63, 3.8) is 0 Å². The Balaban J connectivity index is 1.63. The van der Waals surface area contributed by atoms with E-state index in [4.69, 9.17) is 24.1 Å². The molecule has 3 fully saturated rings. The Morgan fingerprint density at radius 3 is 2.51 bits per heavy atom. The first-order valence-corrected chi connectivity index (χ1v) is 14.6. The molecule has 0 aromatic heterocycles. The predicted octanol–water partition coefficient (Wildman–Crippen LogP) is 5.59. The Kier molecular flexibility index (Phi) is 14.0. The Labute approximate surface area is 223 Å². The van der Waals surface area contributed by atoms with Crippen LogP contribution in [0.4, 0.5) is 0 Å².